The van der Waals surface area contributed by atoms with Crippen molar-refractivity contribution in [1.29, 1.82) is 0 Å². The van der Waals surface area contributed by atoms with Gasteiger partial charge in [0, 0.05) is 29.1 Å². The average Bonchev–Trinajstić information content (AvgIpc) is 3.06. The molecule has 0 aliphatic rings. The summed E-state index contributed by atoms with van der Waals surface area (Å²) >= 11 is 3.02. The number of rotatable bonds is 6. The summed E-state index contributed by atoms with van der Waals surface area (Å²) in [7, 11) is 0. The Morgan fingerprint density at radius 1 is 1.25 bits per heavy atom. The first kappa shape index (κ1) is 16.7. The molecule has 6 heteroatoms. The highest BCUT2D eigenvalue weighted by Gasteiger charge is 2.08. The van der Waals surface area contributed by atoms with Crippen molar-refractivity contribution in [3.8, 4) is 11.3 Å². The van der Waals surface area contributed by atoms with Gasteiger partial charge >= 0.3 is 0 Å². The lowest BCUT2D eigenvalue weighted by molar-refractivity contribution is -0.113. The van der Waals surface area contributed by atoms with Crippen molar-refractivity contribution in [1.82, 2.24) is 9.97 Å². The zero-order valence-electron chi connectivity index (χ0n) is 13.2. The minimum Gasteiger partial charge on any atom is -0.301 e. The number of carbonyl (C=O) groups is 1. The van der Waals surface area contributed by atoms with Crippen molar-refractivity contribution < 1.29 is 4.79 Å². The lowest BCUT2D eigenvalue weighted by Gasteiger charge is -2.03. The molecule has 122 valence electrons. The third-order valence-corrected chi connectivity index (χ3v) is 5.09. The predicted octanol–water partition coefficient (Wildman–Crippen LogP) is 4.39. The first-order valence-corrected chi connectivity index (χ1v) is 9.53. The molecule has 0 unspecified atom stereocenters. The molecule has 2 heterocycles. The number of benzene rings is 1. The van der Waals surface area contributed by atoms with Gasteiger partial charge in [0.15, 0.2) is 5.13 Å². The van der Waals surface area contributed by atoms with Gasteiger partial charge in [-0.25, -0.2) is 4.98 Å². The summed E-state index contributed by atoms with van der Waals surface area (Å²) in [6, 6.07) is 12.2. The fourth-order valence-corrected chi connectivity index (χ4v) is 3.60. The Bertz CT molecular complexity index is 801. The van der Waals surface area contributed by atoms with E-state index in [0.717, 1.165) is 17.0 Å². The Labute approximate surface area is 149 Å². The number of thiazole rings is 1. The molecule has 0 bridgehead atoms. The Kier molecular flexibility index (Phi) is 5.61. The molecule has 0 aliphatic carbocycles. The van der Waals surface area contributed by atoms with Crippen molar-refractivity contribution in [2.24, 2.45) is 0 Å². The third kappa shape index (κ3) is 4.66. The van der Waals surface area contributed by atoms with Crippen LogP contribution in [0.25, 0.3) is 11.3 Å². The Morgan fingerprint density at radius 3 is 2.83 bits per heavy atom. The molecule has 0 atom stereocenters. The van der Waals surface area contributed by atoms with E-state index in [2.05, 4.69) is 46.5 Å². The summed E-state index contributed by atoms with van der Waals surface area (Å²) in [5.41, 5.74) is 4.25. The van der Waals surface area contributed by atoms with Crippen LogP contribution >= 0.6 is 23.1 Å². The van der Waals surface area contributed by atoms with E-state index in [1.165, 1.54) is 22.5 Å². The highest BCUT2D eigenvalue weighted by atomic mass is 32.2. The number of pyridine rings is 1. The first-order chi connectivity index (χ1) is 11.7. The van der Waals surface area contributed by atoms with Crippen molar-refractivity contribution in [2.45, 2.75) is 12.7 Å². The summed E-state index contributed by atoms with van der Waals surface area (Å²) in [4.78, 5) is 20.5. The van der Waals surface area contributed by atoms with Gasteiger partial charge in [0.05, 0.1) is 11.4 Å². The van der Waals surface area contributed by atoms with E-state index >= 15 is 0 Å². The van der Waals surface area contributed by atoms with Crippen molar-refractivity contribution in [3.63, 3.8) is 0 Å². The van der Waals surface area contributed by atoms with Crippen LogP contribution in [-0.2, 0) is 10.5 Å². The molecule has 0 spiro atoms. The molecule has 4 nitrogen and oxygen atoms in total. The highest BCUT2D eigenvalue weighted by molar-refractivity contribution is 7.99. The molecule has 0 saturated carbocycles. The van der Waals surface area contributed by atoms with Crippen molar-refractivity contribution in [2.75, 3.05) is 11.1 Å². The van der Waals surface area contributed by atoms with Crippen LogP contribution in [0.2, 0.25) is 0 Å². The molecule has 0 fully saturated rings. The molecule has 1 aromatic carbocycles. The van der Waals surface area contributed by atoms with E-state index in [9.17, 15) is 4.79 Å². The Hall–Kier alpha value is -2.18. The van der Waals surface area contributed by atoms with E-state index in [-0.39, 0.29) is 5.91 Å². The first-order valence-electron chi connectivity index (χ1n) is 7.50. The molecule has 1 amide bonds. The van der Waals surface area contributed by atoms with E-state index in [4.69, 9.17) is 0 Å². The fourth-order valence-electron chi connectivity index (χ4n) is 2.08. The van der Waals surface area contributed by atoms with Crippen LogP contribution in [0.1, 0.15) is 11.1 Å². The van der Waals surface area contributed by atoms with Crippen LogP contribution in [0.5, 0.6) is 0 Å². The monoisotopic (exact) mass is 355 g/mol. The van der Waals surface area contributed by atoms with Crippen LogP contribution in [0.3, 0.4) is 0 Å². The van der Waals surface area contributed by atoms with Gasteiger partial charge in [-0.05, 0) is 24.6 Å². The summed E-state index contributed by atoms with van der Waals surface area (Å²) in [6.07, 6.45) is 3.49. The zero-order valence-corrected chi connectivity index (χ0v) is 14.9. The molecule has 0 saturated heterocycles. The maximum Gasteiger partial charge on any atom is 0.236 e. The maximum absolute atomic E-state index is 12.0. The fraction of sp³-hybridized carbons (Fsp3) is 0.167. The summed E-state index contributed by atoms with van der Waals surface area (Å²) in [5, 5.41) is 5.40. The van der Waals surface area contributed by atoms with Gasteiger partial charge in [-0.2, -0.15) is 0 Å². The maximum atomic E-state index is 12.0. The summed E-state index contributed by atoms with van der Waals surface area (Å²) in [6.45, 7) is 2.07. The number of amides is 1. The van der Waals surface area contributed by atoms with Crippen LogP contribution in [0, 0.1) is 6.92 Å². The van der Waals surface area contributed by atoms with Crippen molar-refractivity contribution in [3.05, 3.63) is 65.3 Å². The topological polar surface area (TPSA) is 54.9 Å². The number of aromatic nitrogens is 2. The van der Waals surface area contributed by atoms with E-state index in [1.54, 1.807) is 24.2 Å². The standard InChI is InChI=1S/C18H17N3OS2/c1-13-4-6-14(7-5-13)10-23-12-17(22)21-18-20-16(11-24-18)15-3-2-8-19-9-15/h2-9,11H,10,12H2,1H3,(H,20,21,22). The minimum atomic E-state index is -0.0285. The Morgan fingerprint density at radius 2 is 2.08 bits per heavy atom. The van der Waals surface area contributed by atoms with Crippen LogP contribution in [-0.4, -0.2) is 21.6 Å². The third-order valence-electron chi connectivity index (χ3n) is 3.33. The number of carbonyl (C=O) groups excluding carboxylic acids is 1. The Balaban J connectivity index is 1.48. The second-order valence-electron chi connectivity index (χ2n) is 5.31. The summed E-state index contributed by atoms with van der Waals surface area (Å²) in [5.74, 6) is 1.21. The number of thioether (sulfide) groups is 1. The lowest BCUT2D eigenvalue weighted by atomic mass is 10.2. The van der Waals surface area contributed by atoms with Gasteiger partial charge < -0.3 is 5.32 Å². The molecular formula is C18H17N3OS2. The zero-order chi connectivity index (χ0) is 16.8. The quantitative estimate of drug-likeness (QED) is 0.713. The van der Waals surface area contributed by atoms with Gasteiger partial charge in [0.2, 0.25) is 5.91 Å². The van der Waals surface area contributed by atoms with Gasteiger partial charge in [-0.1, -0.05) is 29.8 Å². The smallest absolute Gasteiger partial charge is 0.236 e. The number of aryl methyl sites for hydroxylation is 1. The average molecular weight is 355 g/mol. The van der Waals surface area contributed by atoms with Gasteiger partial charge in [-0.15, -0.1) is 23.1 Å². The molecule has 2 aromatic heterocycles. The number of nitrogens with zero attached hydrogens (tertiary/aromatic N) is 2. The lowest BCUT2D eigenvalue weighted by Crippen LogP contribution is -2.13. The summed E-state index contributed by atoms with van der Waals surface area (Å²) < 4.78 is 0. The number of hydrogen-bond donors (Lipinski definition) is 1. The molecule has 0 radical (unpaired) electrons. The van der Waals surface area contributed by atoms with Crippen LogP contribution in [0.15, 0.2) is 54.2 Å². The van der Waals surface area contributed by atoms with E-state index in [0.29, 0.717) is 10.9 Å². The second-order valence-corrected chi connectivity index (χ2v) is 7.15. The molecule has 24 heavy (non-hydrogen) atoms. The predicted molar refractivity (Wildman–Crippen MR) is 101 cm³/mol. The number of anilines is 1. The van der Waals surface area contributed by atoms with E-state index in [1.807, 2.05) is 17.5 Å². The SMILES string of the molecule is Cc1ccc(CSCC(=O)Nc2nc(-c3cccnc3)cs2)cc1. The molecule has 1 N–H and O–H groups in total. The largest absolute Gasteiger partial charge is 0.301 e. The number of hydrogen-bond acceptors (Lipinski definition) is 5. The van der Waals surface area contributed by atoms with Crippen LogP contribution < -0.4 is 5.32 Å². The molecule has 0 aliphatic heterocycles. The number of nitrogens with one attached hydrogen (secondary N) is 1. The molecule has 3 aromatic rings. The second kappa shape index (κ2) is 8.08. The molecule has 3 rings (SSSR count). The minimum absolute atomic E-state index is 0.0285. The van der Waals surface area contributed by atoms with Gasteiger partial charge in [0.25, 0.3) is 0 Å². The van der Waals surface area contributed by atoms with Crippen LogP contribution in [0.4, 0.5) is 5.13 Å². The van der Waals surface area contributed by atoms with Gasteiger partial charge in [0.1, 0.15) is 0 Å². The van der Waals surface area contributed by atoms with Gasteiger partial charge in [-0.3, -0.25) is 9.78 Å². The molecular weight excluding hydrogens is 338 g/mol. The van der Waals surface area contributed by atoms with Crippen molar-refractivity contribution >= 4 is 34.1 Å². The highest BCUT2D eigenvalue weighted by Crippen LogP contribution is 2.24. The van der Waals surface area contributed by atoms with E-state index < -0.39 is 0 Å². The normalized spacial score (nSPS) is 10.5.